The first kappa shape index (κ1) is 26.0. The fourth-order valence-corrected chi connectivity index (χ4v) is 4.60. The van der Waals surface area contributed by atoms with Gasteiger partial charge in [-0.1, -0.05) is 51.8 Å². The van der Waals surface area contributed by atoms with Crippen LogP contribution in [-0.2, 0) is 39.8 Å². The SMILES string of the molecule is CC(=O)O[C@@H]1[C@@H](OC(C)=O)[C@H](c2ccc(Cl)c(Cc3ccc(O)cc3)c2)OC(Br)[C@H]1OC(C)=O. The highest BCUT2D eigenvalue weighted by molar-refractivity contribution is 9.09. The molecule has 1 saturated heterocycles. The molecule has 1 aliphatic rings. The van der Waals surface area contributed by atoms with Gasteiger partial charge in [-0.25, -0.2) is 0 Å². The van der Waals surface area contributed by atoms with Crippen molar-refractivity contribution in [2.24, 2.45) is 0 Å². The molecule has 1 heterocycles. The summed E-state index contributed by atoms with van der Waals surface area (Å²) in [6, 6.07) is 12.0. The van der Waals surface area contributed by atoms with Gasteiger partial charge in [-0.05, 0) is 41.3 Å². The maximum atomic E-state index is 11.9. The zero-order valence-electron chi connectivity index (χ0n) is 18.7. The van der Waals surface area contributed by atoms with E-state index in [9.17, 15) is 19.5 Å². The molecular formula is C24H24BrClO8. The zero-order chi connectivity index (χ0) is 25.0. The number of benzene rings is 2. The summed E-state index contributed by atoms with van der Waals surface area (Å²) in [7, 11) is 0. The summed E-state index contributed by atoms with van der Waals surface area (Å²) < 4.78 is 22.4. The molecule has 0 saturated carbocycles. The van der Waals surface area contributed by atoms with Gasteiger partial charge in [0, 0.05) is 25.8 Å². The molecule has 1 N–H and O–H groups in total. The van der Waals surface area contributed by atoms with Crippen LogP contribution in [0.3, 0.4) is 0 Å². The topological polar surface area (TPSA) is 108 Å². The van der Waals surface area contributed by atoms with Crippen molar-refractivity contribution in [2.45, 2.75) is 56.6 Å². The Labute approximate surface area is 210 Å². The minimum Gasteiger partial charge on any atom is -0.508 e. The number of halogens is 2. The molecule has 8 nitrogen and oxygen atoms in total. The first-order valence-electron chi connectivity index (χ1n) is 10.4. The first-order valence-corrected chi connectivity index (χ1v) is 11.7. The van der Waals surface area contributed by atoms with Gasteiger partial charge in [0.05, 0.1) is 0 Å². The highest BCUT2D eigenvalue weighted by atomic mass is 79.9. The second-order valence-electron chi connectivity index (χ2n) is 7.82. The number of alkyl halides is 1. The van der Waals surface area contributed by atoms with E-state index in [4.69, 9.17) is 30.5 Å². The van der Waals surface area contributed by atoms with E-state index in [1.165, 1.54) is 20.8 Å². The van der Waals surface area contributed by atoms with Gasteiger partial charge in [-0.15, -0.1) is 0 Å². The Kier molecular flexibility index (Phi) is 8.57. The third-order valence-corrected chi connectivity index (χ3v) is 6.22. The molecule has 0 amide bonds. The first-order chi connectivity index (χ1) is 16.0. The molecule has 182 valence electrons. The van der Waals surface area contributed by atoms with Crippen molar-refractivity contribution >= 4 is 45.4 Å². The average Bonchev–Trinajstić information content (AvgIpc) is 2.75. The number of phenols is 1. The number of carbonyl (C=O) groups is 3. The van der Waals surface area contributed by atoms with Crippen LogP contribution in [0.4, 0.5) is 0 Å². The van der Waals surface area contributed by atoms with Gasteiger partial charge in [0.15, 0.2) is 23.3 Å². The molecule has 0 aromatic heterocycles. The summed E-state index contributed by atoms with van der Waals surface area (Å²) in [6.45, 7) is 3.65. The number of hydrogen-bond acceptors (Lipinski definition) is 8. The standard InChI is InChI=1S/C24H24BrClO8/c1-12(27)31-21-20(34-24(25)23(33-14(3)29)22(21)32-13(2)28)16-6-9-19(26)17(11-16)10-15-4-7-18(30)8-5-15/h4-9,11,20-24,30H,10H2,1-3H3/t20-,21-,22+,23-,24?/m0/s1. The Balaban J connectivity index is 2.00. The van der Waals surface area contributed by atoms with Crippen molar-refractivity contribution in [1.29, 1.82) is 0 Å². The molecule has 34 heavy (non-hydrogen) atoms. The Hall–Kier alpha value is -2.62. The summed E-state index contributed by atoms with van der Waals surface area (Å²) in [5, 5.41) is 9.19. The highest BCUT2D eigenvalue weighted by Crippen LogP contribution is 2.40. The lowest BCUT2D eigenvalue weighted by Gasteiger charge is -2.43. The Morgan fingerprint density at radius 3 is 2.06 bits per heavy atom. The number of phenolic OH excluding ortho intramolecular Hbond substituents is 1. The van der Waals surface area contributed by atoms with Gasteiger partial charge in [0.1, 0.15) is 11.9 Å². The largest absolute Gasteiger partial charge is 0.508 e. The number of hydrogen-bond donors (Lipinski definition) is 1. The fraction of sp³-hybridized carbons (Fsp3) is 0.375. The summed E-state index contributed by atoms with van der Waals surface area (Å²) in [5.41, 5.74) is 2.31. The third kappa shape index (κ3) is 6.49. The predicted molar refractivity (Wildman–Crippen MR) is 126 cm³/mol. The van der Waals surface area contributed by atoms with Gasteiger partial charge in [-0.2, -0.15) is 0 Å². The lowest BCUT2D eigenvalue weighted by Crippen LogP contribution is -2.56. The number of carbonyl (C=O) groups excluding carboxylic acids is 3. The van der Waals surface area contributed by atoms with Crippen molar-refractivity contribution < 1.29 is 38.4 Å². The third-order valence-electron chi connectivity index (χ3n) is 5.12. The van der Waals surface area contributed by atoms with Crippen LogP contribution in [0.5, 0.6) is 5.75 Å². The quantitative estimate of drug-likeness (QED) is 0.321. The highest BCUT2D eigenvalue weighted by Gasteiger charge is 2.51. The normalized spacial score (nSPS) is 24.2. The summed E-state index contributed by atoms with van der Waals surface area (Å²) in [6.07, 6.45) is -3.66. The van der Waals surface area contributed by atoms with E-state index in [1.807, 2.05) is 6.07 Å². The molecule has 10 heteroatoms. The smallest absolute Gasteiger partial charge is 0.303 e. The lowest BCUT2D eigenvalue weighted by atomic mass is 9.92. The number of ether oxygens (including phenoxy) is 4. The van der Waals surface area contributed by atoms with Crippen LogP contribution in [-0.4, -0.2) is 46.3 Å². The van der Waals surface area contributed by atoms with Crippen LogP contribution in [0.25, 0.3) is 0 Å². The Morgan fingerprint density at radius 1 is 0.912 bits per heavy atom. The van der Waals surface area contributed by atoms with Crippen LogP contribution in [0.1, 0.15) is 43.6 Å². The molecule has 1 aliphatic heterocycles. The molecule has 0 aliphatic carbocycles. The molecule has 2 aromatic carbocycles. The molecule has 2 aromatic rings. The second kappa shape index (κ2) is 11.2. The predicted octanol–water partition coefficient (Wildman–Crippen LogP) is 4.22. The van der Waals surface area contributed by atoms with Crippen LogP contribution in [0, 0.1) is 0 Å². The van der Waals surface area contributed by atoms with Gasteiger partial charge in [-0.3, -0.25) is 14.4 Å². The maximum absolute atomic E-state index is 11.9. The van der Waals surface area contributed by atoms with Gasteiger partial charge in [0.2, 0.25) is 0 Å². The van der Waals surface area contributed by atoms with E-state index >= 15 is 0 Å². The van der Waals surface area contributed by atoms with Crippen LogP contribution in [0.2, 0.25) is 5.02 Å². The summed E-state index contributed by atoms with van der Waals surface area (Å²) >= 11 is 9.79. The lowest BCUT2D eigenvalue weighted by molar-refractivity contribution is -0.232. The number of aromatic hydroxyl groups is 1. The van der Waals surface area contributed by atoms with E-state index < -0.39 is 47.3 Å². The summed E-state index contributed by atoms with van der Waals surface area (Å²) in [4.78, 5) is 35.5. The minimum absolute atomic E-state index is 0.158. The van der Waals surface area contributed by atoms with Crippen molar-refractivity contribution in [3.63, 3.8) is 0 Å². The van der Waals surface area contributed by atoms with Crippen molar-refractivity contribution in [2.75, 3.05) is 0 Å². The fourth-order valence-electron chi connectivity index (χ4n) is 3.77. The van der Waals surface area contributed by atoms with Crippen LogP contribution >= 0.6 is 27.5 Å². The van der Waals surface area contributed by atoms with Crippen molar-refractivity contribution in [3.8, 4) is 5.75 Å². The molecule has 1 unspecified atom stereocenters. The van der Waals surface area contributed by atoms with E-state index in [1.54, 1.807) is 36.4 Å². The van der Waals surface area contributed by atoms with Crippen LogP contribution in [0.15, 0.2) is 42.5 Å². The average molecular weight is 556 g/mol. The van der Waals surface area contributed by atoms with E-state index in [0.717, 1.165) is 11.1 Å². The number of rotatable bonds is 6. The molecule has 3 rings (SSSR count). The number of esters is 3. The monoisotopic (exact) mass is 554 g/mol. The van der Waals surface area contributed by atoms with E-state index in [-0.39, 0.29) is 5.75 Å². The van der Waals surface area contributed by atoms with Gasteiger partial charge >= 0.3 is 17.9 Å². The van der Waals surface area contributed by atoms with E-state index in [2.05, 4.69) is 15.9 Å². The van der Waals surface area contributed by atoms with Gasteiger partial charge < -0.3 is 24.1 Å². The molecule has 1 fully saturated rings. The second-order valence-corrected chi connectivity index (χ2v) is 9.13. The Morgan fingerprint density at radius 2 is 1.47 bits per heavy atom. The molecular weight excluding hydrogens is 532 g/mol. The van der Waals surface area contributed by atoms with Crippen molar-refractivity contribution in [3.05, 3.63) is 64.2 Å². The minimum atomic E-state index is -1.12. The molecule has 0 spiro atoms. The van der Waals surface area contributed by atoms with E-state index in [0.29, 0.717) is 17.0 Å². The summed E-state index contributed by atoms with van der Waals surface area (Å²) in [5.74, 6) is -1.71. The molecule has 0 bridgehead atoms. The van der Waals surface area contributed by atoms with Crippen molar-refractivity contribution in [1.82, 2.24) is 0 Å². The zero-order valence-corrected chi connectivity index (χ0v) is 21.0. The maximum Gasteiger partial charge on any atom is 0.303 e. The van der Waals surface area contributed by atoms with Gasteiger partial charge in [0.25, 0.3) is 0 Å². The molecule has 0 radical (unpaired) electrons. The molecule has 5 atom stereocenters. The Bertz CT molecular complexity index is 1060. The van der Waals surface area contributed by atoms with Crippen LogP contribution < -0.4 is 0 Å².